The third-order valence-electron chi connectivity index (χ3n) is 10.4. The molecule has 0 saturated carbocycles. The molecule has 0 aliphatic heterocycles. The highest BCUT2D eigenvalue weighted by atomic mass is 16.3. The highest BCUT2D eigenvalue weighted by Gasteiger charge is 2.43. The molecule has 0 spiro atoms. The average Bonchev–Trinajstić information content (AvgIpc) is 3.10. The summed E-state index contributed by atoms with van der Waals surface area (Å²) < 4.78 is 0. The van der Waals surface area contributed by atoms with Crippen LogP contribution in [0.15, 0.2) is 30.3 Å². The van der Waals surface area contributed by atoms with E-state index in [-0.39, 0.29) is 48.0 Å². The summed E-state index contributed by atoms with van der Waals surface area (Å²) in [6.07, 6.45) is -0.935. The quantitative estimate of drug-likeness (QED) is 0.126. The fraction of sp³-hybridized carbons (Fsp3) is 0.714. The Hall–Kier alpha value is -4.04. The van der Waals surface area contributed by atoms with Gasteiger partial charge in [0, 0.05) is 27.7 Å². The fourth-order valence-corrected chi connectivity index (χ4v) is 7.17. The van der Waals surface area contributed by atoms with E-state index < -0.39 is 71.9 Å². The Labute approximate surface area is 336 Å². The van der Waals surface area contributed by atoms with Crippen molar-refractivity contribution in [2.24, 2.45) is 35.5 Å². The van der Waals surface area contributed by atoms with Crippen molar-refractivity contribution in [2.75, 3.05) is 34.7 Å². The van der Waals surface area contributed by atoms with Crippen LogP contribution in [0.3, 0.4) is 0 Å². The van der Waals surface area contributed by atoms with E-state index in [1.54, 1.807) is 66.1 Å². The Morgan fingerprint density at radius 3 is 1.30 bits per heavy atom. The minimum absolute atomic E-state index is 0.0226. The Bertz CT molecular complexity index is 1450. The van der Waals surface area contributed by atoms with Gasteiger partial charge in [0.2, 0.25) is 35.4 Å². The normalized spacial score (nSPS) is 15.6. The number of carbonyl (C=O) groups excluding carboxylic acids is 6. The third-order valence-corrected chi connectivity index (χ3v) is 10.4. The molecule has 0 fully saturated rings. The Kier molecular flexibility index (Phi) is 20.2. The highest BCUT2D eigenvalue weighted by molar-refractivity contribution is 5.97. The smallest absolute Gasteiger partial charge is 0.246 e. The molecule has 0 aromatic heterocycles. The minimum Gasteiger partial charge on any atom is -0.387 e. The van der Waals surface area contributed by atoms with Crippen LogP contribution < -0.4 is 21.3 Å². The lowest BCUT2D eigenvalue weighted by molar-refractivity contribution is -0.155. The zero-order valence-electron chi connectivity index (χ0n) is 36.8. The largest absolute Gasteiger partial charge is 0.387 e. The van der Waals surface area contributed by atoms with E-state index in [0.717, 1.165) is 0 Å². The summed E-state index contributed by atoms with van der Waals surface area (Å²) in [6, 6.07) is 3.60. The molecule has 5 N–H and O–H groups in total. The van der Waals surface area contributed by atoms with Gasteiger partial charge in [0.25, 0.3) is 0 Å². The molecule has 56 heavy (non-hydrogen) atoms. The first-order chi connectivity index (χ1) is 25.9. The molecule has 1 aromatic carbocycles. The van der Waals surface area contributed by atoms with Crippen LogP contribution in [0.4, 0.5) is 0 Å². The van der Waals surface area contributed by atoms with E-state index in [1.807, 2.05) is 61.5 Å². The van der Waals surface area contributed by atoms with Gasteiger partial charge in [-0.2, -0.15) is 0 Å². The van der Waals surface area contributed by atoms with Crippen LogP contribution in [0.25, 0.3) is 0 Å². The molecule has 1 unspecified atom stereocenters. The molecule has 6 amide bonds. The van der Waals surface area contributed by atoms with Crippen molar-refractivity contribution in [2.45, 2.75) is 125 Å². The Morgan fingerprint density at radius 1 is 0.518 bits per heavy atom. The van der Waals surface area contributed by atoms with Crippen LogP contribution >= 0.6 is 0 Å². The van der Waals surface area contributed by atoms with Gasteiger partial charge >= 0.3 is 0 Å². The molecule has 1 aromatic rings. The van der Waals surface area contributed by atoms with E-state index in [2.05, 4.69) is 21.3 Å². The number of benzene rings is 1. The maximum absolute atomic E-state index is 14.4. The molecule has 0 bridgehead atoms. The zero-order chi connectivity index (χ0) is 43.4. The summed E-state index contributed by atoms with van der Waals surface area (Å²) in [5, 5.41) is 22.1. The van der Waals surface area contributed by atoms with Crippen LogP contribution in [0.1, 0.15) is 94.8 Å². The molecule has 1 rings (SSSR count). The van der Waals surface area contributed by atoms with Crippen molar-refractivity contribution in [1.29, 1.82) is 0 Å². The van der Waals surface area contributed by atoms with Crippen LogP contribution in [0.2, 0.25) is 0 Å². The predicted molar refractivity (Wildman–Crippen MR) is 220 cm³/mol. The Morgan fingerprint density at radius 2 is 0.911 bits per heavy atom. The molecule has 14 heteroatoms. The number of hydrogen-bond acceptors (Lipinski definition) is 8. The molecular weight excluding hydrogens is 715 g/mol. The summed E-state index contributed by atoms with van der Waals surface area (Å²) in [4.78, 5) is 87.4. The molecule has 0 heterocycles. The number of likely N-dealkylation sites (N-methyl/N-ethyl adjacent to an activating group) is 4. The van der Waals surface area contributed by atoms with Crippen molar-refractivity contribution >= 4 is 35.4 Å². The first-order valence-corrected chi connectivity index (χ1v) is 20.0. The number of aliphatic hydroxyl groups excluding tert-OH is 1. The lowest BCUT2D eigenvalue weighted by Gasteiger charge is -2.41. The average molecular weight is 788 g/mol. The number of aliphatic hydroxyl groups is 1. The standard InChI is InChI=1S/C42H73N7O7/c1-23(2)31(43-13)38(52)46-33(25(5)6)40(54)48(15)35(27(9)10)42(56)49(16)36(28(11)12)41(55)47(14)34(26(7)8)39(53)45-32(24(3)4)37(51)44-22-30(50)29-20-18-17-19-21-29/h17-21,23-28,30-36,43,50H,22H2,1-16H3,(H,44,51)(H,45,53)(H,46,52)/t30?,31-,32-,33-,34-,35-,36-/m0/s1. The zero-order valence-corrected chi connectivity index (χ0v) is 36.8. The van der Waals surface area contributed by atoms with Gasteiger partial charge in [-0.25, -0.2) is 0 Å². The predicted octanol–water partition coefficient (Wildman–Crippen LogP) is 2.81. The summed E-state index contributed by atoms with van der Waals surface area (Å²) >= 11 is 0. The molecule has 14 nitrogen and oxygen atoms in total. The van der Waals surface area contributed by atoms with Gasteiger partial charge in [0.15, 0.2) is 0 Å². The molecule has 0 radical (unpaired) electrons. The SMILES string of the molecule is CN[C@H](C(=O)N[C@H](C(=O)N(C)[C@H](C(=O)N(C)[C@H](C(=O)N(C)[C@H](C(=O)N[C@H](C(=O)NCC(O)c1ccccc1)C(C)C)C(C)C)C(C)C)C(C)C)C(C)C)C(C)C. The second kappa shape index (κ2) is 22.6. The number of nitrogens with one attached hydrogen (secondary N) is 4. The van der Waals surface area contributed by atoms with Crippen LogP contribution in [0, 0.1) is 35.5 Å². The van der Waals surface area contributed by atoms with Crippen molar-refractivity contribution in [3.05, 3.63) is 35.9 Å². The van der Waals surface area contributed by atoms with Crippen molar-refractivity contribution in [1.82, 2.24) is 36.0 Å². The van der Waals surface area contributed by atoms with Gasteiger partial charge < -0.3 is 41.1 Å². The lowest BCUT2D eigenvalue weighted by Crippen LogP contribution is -2.63. The summed E-state index contributed by atoms with van der Waals surface area (Å²) in [6.45, 7) is 21.9. The van der Waals surface area contributed by atoms with Crippen molar-refractivity contribution in [3.63, 3.8) is 0 Å². The van der Waals surface area contributed by atoms with Crippen molar-refractivity contribution in [3.8, 4) is 0 Å². The first-order valence-electron chi connectivity index (χ1n) is 20.0. The number of hydrogen-bond donors (Lipinski definition) is 5. The Balaban J connectivity index is 3.33. The molecule has 7 atom stereocenters. The maximum Gasteiger partial charge on any atom is 0.246 e. The van der Waals surface area contributed by atoms with Gasteiger partial charge in [0.1, 0.15) is 30.2 Å². The summed E-state index contributed by atoms with van der Waals surface area (Å²) in [5.41, 5.74) is 0.646. The van der Waals surface area contributed by atoms with Crippen LogP contribution in [-0.4, -0.2) is 126 Å². The van der Waals surface area contributed by atoms with Crippen LogP contribution in [-0.2, 0) is 28.8 Å². The molecule has 318 valence electrons. The first kappa shape index (κ1) is 50.0. The minimum atomic E-state index is -1.00. The number of nitrogens with zero attached hydrogens (tertiary/aromatic N) is 3. The second-order valence-electron chi connectivity index (χ2n) is 17.1. The topological polar surface area (TPSA) is 180 Å². The van der Waals surface area contributed by atoms with E-state index in [9.17, 15) is 33.9 Å². The van der Waals surface area contributed by atoms with Gasteiger partial charge in [-0.1, -0.05) is 113 Å². The van der Waals surface area contributed by atoms with Gasteiger partial charge in [-0.15, -0.1) is 0 Å². The molecule has 0 aliphatic rings. The molecular formula is C42H73N7O7. The van der Waals surface area contributed by atoms with Gasteiger partial charge in [-0.05, 0) is 48.1 Å². The summed E-state index contributed by atoms with van der Waals surface area (Å²) in [5.74, 6) is -4.40. The van der Waals surface area contributed by atoms with E-state index in [4.69, 9.17) is 0 Å². The highest BCUT2D eigenvalue weighted by Crippen LogP contribution is 2.23. The maximum atomic E-state index is 14.4. The number of rotatable bonds is 21. The molecule has 0 saturated heterocycles. The van der Waals surface area contributed by atoms with Gasteiger partial charge in [-0.3, -0.25) is 28.8 Å². The van der Waals surface area contributed by atoms with E-state index in [0.29, 0.717) is 5.56 Å². The van der Waals surface area contributed by atoms with Gasteiger partial charge in [0.05, 0.1) is 12.1 Å². The fourth-order valence-electron chi connectivity index (χ4n) is 7.17. The van der Waals surface area contributed by atoms with E-state index >= 15 is 0 Å². The lowest BCUT2D eigenvalue weighted by atomic mass is 9.94. The molecule has 0 aliphatic carbocycles. The third kappa shape index (κ3) is 13.3. The van der Waals surface area contributed by atoms with Crippen molar-refractivity contribution < 1.29 is 33.9 Å². The number of amides is 6. The van der Waals surface area contributed by atoms with E-state index in [1.165, 1.54) is 28.8 Å². The summed E-state index contributed by atoms with van der Waals surface area (Å²) in [7, 11) is 6.28. The monoisotopic (exact) mass is 788 g/mol. The second-order valence-corrected chi connectivity index (χ2v) is 17.1. The number of carbonyl (C=O) groups is 6. The van der Waals surface area contributed by atoms with Crippen LogP contribution in [0.5, 0.6) is 0 Å².